The number of rotatable bonds is 9. The molecule has 0 aliphatic heterocycles. The zero-order chi connectivity index (χ0) is 22.4. The van der Waals surface area contributed by atoms with Crippen molar-refractivity contribution in [2.45, 2.75) is 18.2 Å². The third-order valence-electron chi connectivity index (χ3n) is 4.43. The van der Waals surface area contributed by atoms with Crippen molar-refractivity contribution in [2.75, 3.05) is 18.2 Å². The molecule has 1 amide bonds. The van der Waals surface area contributed by atoms with E-state index in [1.54, 1.807) is 43.5 Å². The van der Waals surface area contributed by atoms with Gasteiger partial charge in [0.1, 0.15) is 10.8 Å². The van der Waals surface area contributed by atoms with E-state index >= 15 is 0 Å². The average molecular weight is 456 g/mol. The molecule has 0 spiro atoms. The Labute approximate surface area is 188 Å². The molecule has 31 heavy (non-hydrogen) atoms. The van der Waals surface area contributed by atoms with E-state index in [1.165, 1.54) is 35.2 Å². The van der Waals surface area contributed by atoms with Gasteiger partial charge in [0.05, 0.1) is 24.0 Å². The van der Waals surface area contributed by atoms with Gasteiger partial charge in [-0.05, 0) is 55.0 Å². The van der Waals surface area contributed by atoms with Gasteiger partial charge < -0.3 is 15.2 Å². The second-order valence-corrected chi connectivity index (χ2v) is 8.72. The minimum atomic E-state index is -1.01. The van der Waals surface area contributed by atoms with Crippen molar-refractivity contribution < 1.29 is 24.2 Å². The minimum Gasteiger partial charge on any atom is -0.497 e. The molecule has 0 atom stereocenters. The number of aromatic carboxylic acids is 1. The Morgan fingerprint density at radius 3 is 2.45 bits per heavy atom. The van der Waals surface area contributed by atoms with Crippen molar-refractivity contribution in [3.63, 3.8) is 0 Å². The molecule has 0 saturated heterocycles. The fraction of sp³-hybridized carbons (Fsp3) is 0.174. The molecule has 3 aromatic rings. The average Bonchev–Trinajstić information content (AvgIpc) is 3.20. The Bertz CT molecular complexity index is 1110. The highest BCUT2D eigenvalue weighted by atomic mass is 32.2. The molecule has 0 aliphatic carbocycles. The molecule has 8 heteroatoms. The van der Waals surface area contributed by atoms with E-state index in [0.717, 1.165) is 11.3 Å². The molecule has 1 heterocycles. The Kier molecular flexibility index (Phi) is 7.49. The van der Waals surface area contributed by atoms with Gasteiger partial charge >= 0.3 is 5.97 Å². The zero-order valence-electron chi connectivity index (χ0n) is 17.0. The Hall–Kier alpha value is -3.10. The van der Waals surface area contributed by atoms with Gasteiger partial charge in [-0.15, -0.1) is 23.1 Å². The lowest BCUT2D eigenvalue weighted by Gasteiger charge is -2.07. The first-order valence-electron chi connectivity index (χ1n) is 9.48. The molecule has 0 bridgehead atoms. The standard InChI is InChI=1S/C23H21NO5S2/c1-3-17-12-19(21(26)14-7-9-16(29-2)10-8-14)22(31-17)24-20(25)13-30-18-6-4-5-15(11-18)23(27)28/h4-12H,3,13H2,1-2H3,(H,24,25)(H,27,28). The van der Waals surface area contributed by atoms with Crippen LogP contribution in [0, 0.1) is 0 Å². The predicted octanol–water partition coefficient (Wildman–Crippen LogP) is 4.98. The Morgan fingerprint density at radius 2 is 1.81 bits per heavy atom. The molecule has 0 unspecified atom stereocenters. The highest BCUT2D eigenvalue weighted by Crippen LogP contribution is 2.31. The first kappa shape index (κ1) is 22.6. The molecule has 0 radical (unpaired) electrons. The van der Waals surface area contributed by atoms with Gasteiger partial charge in [0.25, 0.3) is 0 Å². The maximum atomic E-state index is 13.0. The lowest BCUT2D eigenvalue weighted by molar-refractivity contribution is -0.113. The van der Waals surface area contributed by atoms with Crippen molar-refractivity contribution in [3.05, 3.63) is 76.2 Å². The van der Waals surface area contributed by atoms with Gasteiger partial charge in [-0.1, -0.05) is 13.0 Å². The molecule has 6 nitrogen and oxygen atoms in total. The van der Waals surface area contributed by atoms with E-state index in [0.29, 0.717) is 26.8 Å². The van der Waals surface area contributed by atoms with Gasteiger partial charge in [-0.3, -0.25) is 9.59 Å². The number of carboxylic acid groups (broad SMARTS) is 1. The van der Waals surface area contributed by atoms with E-state index in [9.17, 15) is 14.4 Å². The quantitative estimate of drug-likeness (QED) is 0.349. The molecular weight excluding hydrogens is 434 g/mol. The fourth-order valence-electron chi connectivity index (χ4n) is 2.81. The van der Waals surface area contributed by atoms with Crippen molar-refractivity contribution in [1.29, 1.82) is 0 Å². The van der Waals surface area contributed by atoms with Gasteiger partial charge in [0.15, 0.2) is 5.78 Å². The number of thioether (sulfide) groups is 1. The summed E-state index contributed by atoms with van der Waals surface area (Å²) in [6.07, 6.45) is 0.750. The summed E-state index contributed by atoms with van der Waals surface area (Å²) >= 11 is 2.62. The smallest absolute Gasteiger partial charge is 0.335 e. The van der Waals surface area contributed by atoms with Crippen LogP contribution in [0.25, 0.3) is 0 Å². The highest BCUT2D eigenvalue weighted by Gasteiger charge is 2.19. The number of hydrogen-bond donors (Lipinski definition) is 2. The van der Waals surface area contributed by atoms with Crippen LogP contribution in [-0.4, -0.2) is 35.6 Å². The second kappa shape index (κ2) is 10.3. The number of carboxylic acids is 1. The minimum absolute atomic E-state index is 0.0958. The molecule has 0 aliphatic rings. The number of benzene rings is 2. The third kappa shape index (κ3) is 5.74. The van der Waals surface area contributed by atoms with Crippen LogP contribution in [0.1, 0.15) is 38.1 Å². The summed E-state index contributed by atoms with van der Waals surface area (Å²) in [5, 5.41) is 12.4. The number of thiophene rings is 1. The summed E-state index contributed by atoms with van der Waals surface area (Å²) < 4.78 is 5.14. The lowest BCUT2D eigenvalue weighted by atomic mass is 10.0. The molecule has 2 aromatic carbocycles. The molecule has 160 valence electrons. The largest absolute Gasteiger partial charge is 0.497 e. The number of nitrogens with one attached hydrogen (secondary N) is 1. The number of aryl methyl sites for hydroxylation is 1. The summed E-state index contributed by atoms with van der Waals surface area (Å²) in [5.74, 6) is -0.693. The van der Waals surface area contributed by atoms with Gasteiger partial charge in [0, 0.05) is 15.3 Å². The second-order valence-electron chi connectivity index (χ2n) is 6.54. The summed E-state index contributed by atoms with van der Waals surface area (Å²) in [6, 6.07) is 15.1. The fourth-order valence-corrected chi connectivity index (χ4v) is 4.57. The number of hydrogen-bond acceptors (Lipinski definition) is 6. The van der Waals surface area contributed by atoms with Crippen molar-refractivity contribution in [3.8, 4) is 5.75 Å². The van der Waals surface area contributed by atoms with Crippen LogP contribution in [0.4, 0.5) is 5.00 Å². The van der Waals surface area contributed by atoms with E-state index in [1.807, 2.05) is 13.0 Å². The molecule has 0 saturated carbocycles. The normalized spacial score (nSPS) is 10.5. The van der Waals surface area contributed by atoms with Crippen molar-refractivity contribution in [2.24, 2.45) is 0 Å². The van der Waals surface area contributed by atoms with Crippen molar-refractivity contribution >= 4 is 45.8 Å². The molecular formula is C23H21NO5S2. The summed E-state index contributed by atoms with van der Waals surface area (Å²) in [6.45, 7) is 1.99. The monoisotopic (exact) mass is 455 g/mol. The van der Waals surface area contributed by atoms with Crippen LogP contribution in [0.3, 0.4) is 0 Å². The molecule has 0 fully saturated rings. The summed E-state index contributed by atoms with van der Waals surface area (Å²) in [5.41, 5.74) is 1.14. The Balaban J connectivity index is 1.72. The van der Waals surface area contributed by atoms with Gasteiger partial charge in [-0.2, -0.15) is 0 Å². The Morgan fingerprint density at radius 1 is 1.06 bits per heavy atom. The predicted molar refractivity (Wildman–Crippen MR) is 123 cm³/mol. The third-order valence-corrected chi connectivity index (χ3v) is 6.62. The SMILES string of the molecule is CCc1cc(C(=O)c2ccc(OC)cc2)c(NC(=O)CSc2cccc(C(=O)O)c2)s1. The molecule has 2 N–H and O–H groups in total. The van der Waals surface area contributed by atoms with Crippen LogP contribution in [-0.2, 0) is 11.2 Å². The summed E-state index contributed by atoms with van der Waals surface area (Å²) in [4.78, 5) is 38.3. The number of ether oxygens (including phenoxy) is 1. The van der Waals surface area contributed by atoms with Crippen LogP contribution < -0.4 is 10.1 Å². The van der Waals surface area contributed by atoms with Gasteiger partial charge in [-0.25, -0.2) is 4.79 Å². The first-order valence-corrected chi connectivity index (χ1v) is 11.3. The maximum absolute atomic E-state index is 13.0. The topological polar surface area (TPSA) is 92.7 Å². The number of ketones is 1. The van der Waals surface area contributed by atoms with Crippen LogP contribution in [0.15, 0.2) is 59.5 Å². The number of methoxy groups -OCH3 is 1. The summed E-state index contributed by atoms with van der Waals surface area (Å²) in [7, 11) is 1.56. The number of carbonyl (C=O) groups excluding carboxylic acids is 2. The maximum Gasteiger partial charge on any atom is 0.335 e. The number of amides is 1. The van der Waals surface area contributed by atoms with E-state index in [-0.39, 0.29) is 23.0 Å². The first-order chi connectivity index (χ1) is 14.9. The molecule has 1 aromatic heterocycles. The van der Waals surface area contributed by atoms with E-state index < -0.39 is 5.97 Å². The number of anilines is 1. The number of carbonyl (C=O) groups is 3. The van der Waals surface area contributed by atoms with E-state index in [4.69, 9.17) is 9.84 Å². The van der Waals surface area contributed by atoms with Crippen LogP contribution in [0.5, 0.6) is 5.75 Å². The van der Waals surface area contributed by atoms with E-state index in [2.05, 4.69) is 5.32 Å². The zero-order valence-corrected chi connectivity index (χ0v) is 18.6. The highest BCUT2D eigenvalue weighted by molar-refractivity contribution is 8.00. The van der Waals surface area contributed by atoms with Gasteiger partial charge in [0.2, 0.25) is 5.91 Å². The molecule has 3 rings (SSSR count). The lowest BCUT2D eigenvalue weighted by Crippen LogP contribution is -2.15. The van der Waals surface area contributed by atoms with Crippen molar-refractivity contribution in [1.82, 2.24) is 0 Å². The van der Waals surface area contributed by atoms with Crippen LogP contribution >= 0.6 is 23.1 Å². The van der Waals surface area contributed by atoms with Crippen LogP contribution in [0.2, 0.25) is 0 Å².